The van der Waals surface area contributed by atoms with E-state index in [9.17, 15) is 13.2 Å². The number of carbonyl (C=O) groups excluding carboxylic acids is 1. The second kappa shape index (κ2) is 11.0. The van der Waals surface area contributed by atoms with E-state index in [2.05, 4.69) is 15.4 Å². The maximum atomic E-state index is 12.6. The lowest BCUT2D eigenvalue weighted by Gasteiger charge is -2.11. The zero-order chi connectivity index (χ0) is 23.8. The average molecular weight is 502 g/mol. The molecule has 0 bridgehead atoms. The lowest BCUT2D eigenvalue weighted by molar-refractivity contribution is -0.115. The van der Waals surface area contributed by atoms with Crippen LogP contribution in [0.3, 0.4) is 0 Å². The van der Waals surface area contributed by atoms with E-state index in [0.717, 1.165) is 5.56 Å². The zero-order valence-electron chi connectivity index (χ0n) is 17.4. The van der Waals surface area contributed by atoms with Crippen LogP contribution >= 0.6 is 23.8 Å². The molecule has 0 radical (unpaired) electrons. The molecule has 0 fully saturated rings. The smallest absolute Gasteiger partial charge is 0.261 e. The highest BCUT2D eigenvalue weighted by Crippen LogP contribution is 2.20. The van der Waals surface area contributed by atoms with Crippen LogP contribution in [0.1, 0.15) is 5.56 Å². The number of benzene rings is 3. The van der Waals surface area contributed by atoms with Gasteiger partial charge in [-0.25, -0.2) is 8.42 Å². The minimum Gasteiger partial charge on any atom is -0.497 e. The van der Waals surface area contributed by atoms with Gasteiger partial charge >= 0.3 is 0 Å². The maximum absolute atomic E-state index is 12.6. The monoisotopic (exact) mass is 501 g/mol. The molecule has 0 saturated heterocycles. The summed E-state index contributed by atoms with van der Waals surface area (Å²) in [5.74, 6) is 0.210. The van der Waals surface area contributed by atoms with Crippen molar-refractivity contribution in [2.75, 3.05) is 17.1 Å². The quantitative estimate of drug-likeness (QED) is 0.321. The van der Waals surface area contributed by atoms with E-state index in [4.69, 9.17) is 28.6 Å². The number of carbonyl (C=O) groups is 1. The highest BCUT2D eigenvalue weighted by atomic mass is 35.5. The number of amides is 1. The van der Waals surface area contributed by atoms with Crippen LogP contribution in [0.25, 0.3) is 6.08 Å². The topological polar surface area (TPSA) is 96.5 Å². The van der Waals surface area contributed by atoms with Crippen molar-refractivity contribution in [3.8, 4) is 5.75 Å². The summed E-state index contributed by atoms with van der Waals surface area (Å²) in [5.41, 5.74) is 1.74. The van der Waals surface area contributed by atoms with Crippen LogP contribution in [-0.2, 0) is 14.8 Å². The summed E-state index contributed by atoms with van der Waals surface area (Å²) in [4.78, 5) is 12.1. The van der Waals surface area contributed by atoms with Gasteiger partial charge in [0.1, 0.15) is 5.75 Å². The maximum Gasteiger partial charge on any atom is 0.261 e. The van der Waals surface area contributed by atoms with Gasteiger partial charge in [-0.3, -0.25) is 14.8 Å². The van der Waals surface area contributed by atoms with Crippen LogP contribution in [0.5, 0.6) is 5.75 Å². The minimum atomic E-state index is -3.77. The molecule has 3 aromatic rings. The molecule has 33 heavy (non-hydrogen) atoms. The highest BCUT2D eigenvalue weighted by Gasteiger charge is 2.14. The molecule has 3 aromatic carbocycles. The number of nitrogens with one attached hydrogen (secondary N) is 3. The third kappa shape index (κ3) is 7.31. The first kappa shape index (κ1) is 24.2. The van der Waals surface area contributed by atoms with Crippen molar-refractivity contribution < 1.29 is 17.9 Å². The number of halogens is 1. The molecule has 3 rings (SSSR count). The van der Waals surface area contributed by atoms with Gasteiger partial charge in [0.2, 0.25) is 5.91 Å². The first-order valence-corrected chi connectivity index (χ1v) is 11.8. The van der Waals surface area contributed by atoms with Crippen LogP contribution in [0.15, 0.2) is 83.8 Å². The third-order valence-corrected chi connectivity index (χ3v) is 6.15. The lowest BCUT2D eigenvalue weighted by Crippen LogP contribution is -2.32. The number of hydrogen-bond donors (Lipinski definition) is 3. The van der Waals surface area contributed by atoms with Crippen molar-refractivity contribution in [1.29, 1.82) is 0 Å². The SMILES string of the molecule is COc1ccc(NS(=O)(=O)c2ccc(NC(=S)NC(=O)/C=C/c3ccc(Cl)cc3)cc2)cc1. The van der Waals surface area contributed by atoms with Crippen LogP contribution in [-0.4, -0.2) is 26.5 Å². The van der Waals surface area contributed by atoms with Crippen molar-refractivity contribution in [3.63, 3.8) is 0 Å². The standard InChI is InChI=1S/C23H20ClN3O4S2/c1-31-20-11-7-19(8-12-20)27-33(29,30)21-13-9-18(10-14-21)25-23(32)26-22(28)15-4-16-2-5-17(24)6-3-16/h2-15,27H,1H3,(H2,25,26,28,32)/b15-4+. The Hall–Kier alpha value is -3.40. The summed E-state index contributed by atoms with van der Waals surface area (Å²) in [6, 6.07) is 19.5. The van der Waals surface area contributed by atoms with E-state index in [0.29, 0.717) is 22.1 Å². The Morgan fingerprint density at radius 2 is 1.55 bits per heavy atom. The Bertz CT molecular complexity index is 1260. The van der Waals surface area contributed by atoms with Gasteiger partial charge in [0.25, 0.3) is 10.0 Å². The van der Waals surface area contributed by atoms with Gasteiger partial charge in [-0.05, 0) is 84.5 Å². The molecule has 10 heteroatoms. The van der Waals surface area contributed by atoms with E-state index < -0.39 is 15.9 Å². The van der Waals surface area contributed by atoms with Gasteiger partial charge in [-0.1, -0.05) is 23.7 Å². The first-order valence-electron chi connectivity index (χ1n) is 9.58. The molecule has 0 saturated carbocycles. The number of rotatable bonds is 7. The van der Waals surface area contributed by atoms with Gasteiger partial charge < -0.3 is 10.1 Å². The van der Waals surface area contributed by atoms with Crippen molar-refractivity contribution in [2.24, 2.45) is 0 Å². The van der Waals surface area contributed by atoms with Gasteiger partial charge in [-0.2, -0.15) is 0 Å². The van der Waals surface area contributed by atoms with Gasteiger partial charge in [0.05, 0.1) is 12.0 Å². The molecule has 0 spiro atoms. The van der Waals surface area contributed by atoms with Crippen molar-refractivity contribution in [2.45, 2.75) is 4.90 Å². The van der Waals surface area contributed by atoms with E-state index in [1.54, 1.807) is 66.7 Å². The fourth-order valence-corrected chi connectivity index (χ4v) is 4.06. The summed E-state index contributed by atoms with van der Waals surface area (Å²) >= 11 is 11.0. The first-order chi connectivity index (χ1) is 15.7. The molecule has 0 heterocycles. The largest absolute Gasteiger partial charge is 0.497 e. The molecule has 3 N–H and O–H groups in total. The summed E-state index contributed by atoms with van der Waals surface area (Å²) in [6.45, 7) is 0. The molecular weight excluding hydrogens is 482 g/mol. The van der Waals surface area contributed by atoms with Crippen molar-refractivity contribution in [1.82, 2.24) is 5.32 Å². The lowest BCUT2D eigenvalue weighted by atomic mass is 10.2. The Morgan fingerprint density at radius 1 is 0.939 bits per heavy atom. The van der Waals surface area contributed by atoms with Crippen LogP contribution < -0.4 is 20.1 Å². The molecular formula is C23H20ClN3O4S2. The van der Waals surface area contributed by atoms with Gasteiger partial charge in [0.15, 0.2) is 5.11 Å². The fraction of sp³-hybridized carbons (Fsp3) is 0.0435. The van der Waals surface area contributed by atoms with Gasteiger partial charge in [0, 0.05) is 22.5 Å². The fourth-order valence-electron chi connectivity index (χ4n) is 2.65. The van der Waals surface area contributed by atoms with Crippen LogP contribution in [0.2, 0.25) is 5.02 Å². The van der Waals surface area contributed by atoms with Crippen molar-refractivity contribution >= 4 is 62.3 Å². The molecule has 0 unspecified atom stereocenters. The number of sulfonamides is 1. The van der Waals surface area contributed by atoms with E-state index in [-0.39, 0.29) is 10.0 Å². The summed E-state index contributed by atoms with van der Waals surface area (Å²) in [7, 11) is -2.24. The summed E-state index contributed by atoms with van der Waals surface area (Å²) < 4.78 is 32.7. The Balaban J connectivity index is 1.56. The average Bonchev–Trinajstić information content (AvgIpc) is 2.79. The third-order valence-electron chi connectivity index (χ3n) is 4.30. The van der Waals surface area contributed by atoms with E-state index in [1.807, 2.05) is 0 Å². The van der Waals surface area contributed by atoms with Crippen LogP contribution in [0, 0.1) is 0 Å². The predicted molar refractivity (Wildman–Crippen MR) is 135 cm³/mol. The predicted octanol–water partition coefficient (Wildman–Crippen LogP) is 4.68. The molecule has 0 aliphatic heterocycles. The zero-order valence-corrected chi connectivity index (χ0v) is 19.8. The molecule has 0 aliphatic carbocycles. The minimum absolute atomic E-state index is 0.0738. The number of thiocarbonyl (C=S) groups is 1. The molecule has 1 amide bonds. The van der Waals surface area contributed by atoms with E-state index >= 15 is 0 Å². The molecule has 0 aromatic heterocycles. The molecule has 0 aliphatic rings. The number of anilines is 2. The molecule has 170 valence electrons. The molecule has 0 atom stereocenters. The van der Waals surface area contributed by atoms with E-state index in [1.165, 1.54) is 25.3 Å². The number of hydrogen-bond acceptors (Lipinski definition) is 5. The normalized spacial score (nSPS) is 11.1. The Morgan fingerprint density at radius 3 is 2.15 bits per heavy atom. The highest BCUT2D eigenvalue weighted by molar-refractivity contribution is 7.92. The van der Waals surface area contributed by atoms with Crippen molar-refractivity contribution in [3.05, 3.63) is 89.5 Å². The second-order valence-electron chi connectivity index (χ2n) is 6.69. The molecule has 7 nitrogen and oxygen atoms in total. The number of ether oxygens (including phenoxy) is 1. The number of methoxy groups -OCH3 is 1. The Kier molecular flexibility index (Phi) is 8.05. The summed E-state index contributed by atoms with van der Waals surface area (Å²) in [5, 5.41) is 6.05. The van der Waals surface area contributed by atoms with Crippen LogP contribution in [0.4, 0.5) is 11.4 Å². The Labute approximate surface area is 202 Å². The van der Waals surface area contributed by atoms with Gasteiger partial charge in [-0.15, -0.1) is 0 Å². The second-order valence-corrected chi connectivity index (χ2v) is 9.21. The summed E-state index contributed by atoms with van der Waals surface area (Å²) in [6.07, 6.45) is 2.97.